The van der Waals surface area contributed by atoms with Crippen molar-refractivity contribution >= 4 is 46.5 Å². The molecule has 0 N–H and O–H groups in total. The maximum atomic E-state index is 14.1. The lowest BCUT2D eigenvalue weighted by Gasteiger charge is -2.39. The summed E-state index contributed by atoms with van der Waals surface area (Å²) in [4.78, 5) is 55.2. The van der Waals surface area contributed by atoms with Crippen LogP contribution in [0.2, 0.25) is 5.02 Å². The summed E-state index contributed by atoms with van der Waals surface area (Å²) in [6.45, 7) is 5.52. The van der Waals surface area contributed by atoms with Crippen molar-refractivity contribution in [3.63, 3.8) is 0 Å². The van der Waals surface area contributed by atoms with E-state index in [0.717, 1.165) is 22.6 Å². The Kier molecular flexibility index (Phi) is 8.17. The van der Waals surface area contributed by atoms with Gasteiger partial charge in [-0.05, 0) is 48.9 Å². The van der Waals surface area contributed by atoms with E-state index in [0.29, 0.717) is 27.8 Å². The Bertz CT molecular complexity index is 1860. The minimum absolute atomic E-state index is 0.0597. The molecule has 14 heteroatoms. The quantitative estimate of drug-likeness (QED) is 0.339. The Morgan fingerprint density at radius 3 is 2.66 bits per heavy atom. The molecule has 5 heterocycles. The van der Waals surface area contributed by atoms with E-state index in [1.807, 2.05) is 11.0 Å². The van der Waals surface area contributed by atoms with Crippen LogP contribution in [0.25, 0.3) is 0 Å². The van der Waals surface area contributed by atoms with E-state index < -0.39 is 41.6 Å². The fourth-order valence-corrected chi connectivity index (χ4v) is 7.06. The molecular weight excluding hydrogens is 635 g/mol. The predicted molar refractivity (Wildman–Crippen MR) is 167 cm³/mol. The van der Waals surface area contributed by atoms with Gasteiger partial charge in [-0.25, -0.2) is 4.98 Å². The number of nitrogens with zero attached hydrogens (tertiary/aromatic N) is 7. The highest BCUT2D eigenvalue weighted by atomic mass is 35.5. The smallest absolute Gasteiger partial charge is 0.362 e. The number of hydrogen-bond acceptors (Lipinski definition) is 7. The molecule has 0 saturated carbocycles. The number of aryl methyl sites for hydroxylation is 1. The van der Waals surface area contributed by atoms with Gasteiger partial charge in [0, 0.05) is 31.6 Å². The first-order valence-electron chi connectivity index (χ1n) is 14.8. The molecule has 3 aliphatic rings. The summed E-state index contributed by atoms with van der Waals surface area (Å²) in [5, 5.41) is 9.75. The van der Waals surface area contributed by atoms with Gasteiger partial charge in [-0.1, -0.05) is 30.3 Å². The van der Waals surface area contributed by atoms with Crippen LogP contribution in [-0.4, -0.2) is 52.2 Å². The number of rotatable bonds is 5. The Hall–Kier alpha value is -4.96. The van der Waals surface area contributed by atoms with Crippen molar-refractivity contribution in [1.29, 1.82) is 5.26 Å². The number of halogens is 4. The number of carbonyl (C=O) groups is 3. The summed E-state index contributed by atoms with van der Waals surface area (Å²) in [6, 6.07) is 11.0. The van der Waals surface area contributed by atoms with E-state index in [2.05, 4.69) is 17.6 Å². The second-order valence-electron chi connectivity index (χ2n) is 11.8. The summed E-state index contributed by atoms with van der Waals surface area (Å²) >= 11 is 6.76. The van der Waals surface area contributed by atoms with Gasteiger partial charge in [-0.3, -0.25) is 24.3 Å². The third kappa shape index (κ3) is 5.67. The zero-order chi connectivity index (χ0) is 33.8. The van der Waals surface area contributed by atoms with Gasteiger partial charge in [0.25, 0.3) is 0 Å². The maximum absolute atomic E-state index is 14.1. The number of amides is 3. The number of benzene rings is 1. The van der Waals surface area contributed by atoms with Gasteiger partial charge >= 0.3 is 6.18 Å². The molecule has 47 heavy (non-hydrogen) atoms. The van der Waals surface area contributed by atoms with Crippen molar-refractivity contribution in [3.8, 4) is 6.07 Å². The number of likely N-dealkylation sites (N-methyl/N-ethyl adjacent to an activating group) is 1. The molecule has 0 radical (unpaired) electrons. The number of alkyl halides is 3. The lowest BCUT2D eigenvalue weighted by molar-refractivity contribution is -0.137. The third-order valence-corrected chi connectivity index (χ3v) is 9.15. The van der Waals surface area contributed by atoms with Crippen LogP contribution in [-0.2, 0) is 33.6 Å². The molecule has 10 nitrogen and oxygen atoms in total. The molecule has 1 fully saturated rings. The molecule has 1 saturated heterocycles. The van der Waals surface area contributed by atoms with Gasteiger partial charge in [0.1, 0.15) is 11.9 Å². The average molecular weight is 664 g/mol. The summed E-state index contributed by atoms with van der Waals surface area (Å²) in [7, 11) is 1.54. The molecule has 3 atom stereocenters. The summed E-state index contributed by atoms with van der Waals surface area (Å²) in [5.41, 5.74) is 2.10. The van der Waals surface area contributed by atoms with Gasteiger partial charge in [0.2, 0.25) is 17.7 Å². The van der Waals surface area contributed by atoms with Gasteiger partial charge in [-0.2, -0.15) is 18.4 Å². The molecule has 1 aromatic carbocycles. The molecule has 3 aliphatic heterocycles. The van der Waals surface area contributed by atoms with Crippen LogP contribution in [0.5, 0.6) is 0 Å². The minimum Gasteiger partial charge on any atom is -0.362 e. The summed E-state index contributed by atoms with van der Waals surface area (Å²) < 4.78 is 41.2. The van der Waals surface area contributed by atoms with Gasteiger partial charge in [-0.15, -0.1) is 0 Å². The summed E-state index contributed by atoms with van der Waals surface area (Å²) in [6.07, 6.45) is -3.49. The normalized spacial score (nSPS) is 20.7. The van der Waals surface area contributed by atoms with E-state index >= 15 is 0 Å². The Morgan fingerprint density at radius 2 is 1.96 bits per heavy atom. The standard InChI is InChI=1S/C33H29ClF3N7O3/c1-4-28(45)43-17-24-22(25(43)10-11-38)9-8-21(40-24)16-42-15-19-13-29(46)44(27-14-20(33(35,36)37)12-18(2)39-27)30(19)32(47)41(3)26-7-5-6-23(34)31(26)42/h4-9,12,14,19,25,30H,1,10,13,15-17H2,2-3H3/t19-,25+,30+/m1/s1. The van der Waals surface area contributed by atoms with Gasteiger partial charge in [0.15, 0.2) is 0 Å². The molecule has 6 rings (SSSR count). The average Bonchev–Trinajstić information content (AvgIpc) is 3.54. The number of nitriles is 1. The van der Waals surface area contributed by atoms with Crippen molar-refractivity contribution in [3.05, 3.63) is 88.4 Å². The van der Waals surface area contributed by atoms with Crippen molar-refractivity contribution in [2.24, 2.45) is 5.92 Å². The van der Waals surface area contributed by atoms with Crippen molar-refractivity contribution < 1.29 is 27.6 Å². The minimum atomic E-state index is -4.67. The molecule has 0 aliphatic carbocycles. The van der Waals surface area contributed by atoms with Gasteiger partial charge in [0.05, 0.1) is 65.0 Å². The highest BCUT2D eigenvalue weighted by Crippen LogP contribution is 2.44. The lowest BCUT2D eigenvalue weighted by atomic mass is 9.95. The van der Waals surface area contributed by atoms with Crippen LogP contribution < -0.4 is 14.7 Å². The Labute approximate surface area is 273 Å². The predicted octanol–water partition coefficient (Wildman–Crippen LogP) is 5.34. The van der Waals surface area contributed by atoms with Crippen molar-refractivity contribution in [2.45, 2.75) is 51.1 Å². The number of para-hydroxylation sites is 1. The number of fused-ring (bicyclic) bond motifs is 3. The molecule has 2 aromatic heterocycles. The summed E-state index contributed by atoms with van der Waals surface area (Å²) in [5.74, 6) is -2.17. The first-order chi connectivity index (χ1) is 22.3. The molecule has 0 bridgehead atoms. The highest BCUT2D eigenvalue weighted by Gasteiger charge is 2.49. The Balaban J connectivity index is 1.40. The molecule has 0 unspecified atom stereocenters. The van der Waals surface area contributed by atoms with E-state index in [-0.39, 0.29) is 49.9 Å². The number of anilines is 3. The molecule has 3 amide bonds. The fraction of sp³-hybridized carbons (Fsp3) is 0.333. The fourth-order valence-electron chi connectivity index (χ4n) is 6.77. The first-order valence-corrected chi connectivity index (χ1v) is 15.2. The van der Waals surface area contributed by atoms with Crippen LogP contribution in [0.1, 0.15) is 47.1 Å². The number of aromatic nitrogens is 2. The molecule has 242 valence electrons. The number of carbonyl (C=O) groups excluding carboxylic acids is 3. The topological polar surface area (TPSA) is 114 Å². The van der Waals surface area contributed by atoms with E-state index in [4.69, 9.17) is 16.6 Å². The molecular formula is C33H29ClF3N7O3. The first kappa shape index (κ1) is 32.0. The second-order valence-corrected chi connectivity index (χ2v) is 12.2. The van der Waals surface area contributed by atoms with E-state index in [9.17, 15) is 32.8 Å². The lowest BCUT2D eigenvalue weighted by Crippen LogP contribution is -2.52. The van der Waals surface area contributed by atoms with E-state index in [1.165, 1.54) is 24.9 Å². The zero-order valence-electron chi connectivity index (χ0n) is 25.5. The number of hydrogen-bond donors (Lipinski definition) is 0. The third-order valence-electron chi connectivity index (χ3n) is 8.84. The molecule has 3 aromatic rings. The van der Waals surface area contributed by atoms with Crippen LogP contribution in [0.3, 0.4) is 0 Å². The number of pyridine rings is 2. The van der Waals surface area contributed by atoms with Crippen LogP contribution in [0.4, 0.5) is 30.4 Å². The largest absolute Gasteiger partial charge is 0.416 e. The van der Waals surface area contributed by atoms with Crippen molar-refractivity contribution in [2.75, 3.05) is 28.3 Å². The van der Waals surface area contributed by atoms with Gasteiger partial charge < -0.3 is 14.7 Å². The maximum Gasteiger partial charge on any atom is 0.416 e. The Morgan fingerprint density at radius 1 is 1.19 bits per heavy atom. The van der Waals surface area contributed by atoms with Crippen LogP contribution in [0.15, 0.2) is 55.1 Å². The second kappa shape index (κ2) is 12.0. The molecule has 0 spiro atoms. The SMILES string of the molecule is C=CC(=O)N1Cc2nc(CN3C[C@H]4CC(=O)N(c5cc(C(F)(F)F)cc(C)n5)[C@@H]4C(=O)N(C)c4cccc(Cl)c43)ccc2[C@@H]1CC#N. The highest BCUT2D eigenvalue weighted by molar-refractivity contribution is 6.34. The van der Waals surface area contributed by atoms with Crippen LogP contribution >= 0.6 is 11.6 Å². The van der Waals surface area contributed by atoms with Crippen molar-refractivity contribution in [1.82, 2.24) is 14.9 Å². The van der Waals surface area contributed by atoms with Crippen LogP contribution in [0, 0.1) is 24.2 Å². The monoisotopic (exact) mass is 663 g/mol. The zero-order valence-corrected chi connectivity index (χ0v) is 26.2. The van der Waals surface area contributed by atoms with E-state index in [1.54, 1.807) is 29.2 Å².